The Morgan fingerprint density at radius 3 is 2.65 bits per heavy atom. The molecule has 0 aliphatic rings. The maximum absolute atomic E-state index is 13.0. The fourth-order valence-electron chi connectivity index (χ4n) is 1.40. The lowest BCUT2D eigenvalue weighted by Gasteiger charge is -2.06. The molecule has 1 N–H and O–H groups in total. The smallest absolute Gasteiger partial charge is 0.251 e. The van der Waals surface area contributed by atoms with Crippen LogP contribution in [0.5, 0.6) is 0 Å². The lowest BCUT2D eigenvalue weighted by Crippen LogP contribution is -2.11. The van der Waals surface area contributed by atoms with Crippen molar-refractivity contribution < 1.29 is 8.78 Å². The molecule has 0 saturated heterocycles. The van der Waals surface area contributed by atoms with E-state index in [1.807, 2.05) is 0 Å². The number of hydrogen-bond acceptors (Lipinski definition) is 2. The summed E-state index contributed by atoms with van der Waals surface area (Å²) >= 11 is 4.94. The van der Waals surface area contributed by atoms with Crippen LogP contribution in [-0.2, 0) is 6.54 Å². The summed E-state index contributed by atoms with van der Waals surface area (Å²) in [6.07, 6.45) is 1.50. The van der Waals surface area contributed by atoms with Gasteiger partial charge in [0.2, 0.25) is 0 Å². The molecule has 0 aliphatic carbocycles. The third kappa shape index (κ3) is 2.65. The van der Waals surface area contributed by atoms with Crippen molar-refractivity contribution in [3.8, 4) is 0 Å². The van der Waals surface area contributed by atoms with E-state index in [9.17, 15) is 13.6 Å². The molecule has 2 rings (SSSR count). The number of hydrogen-bond donors (Lipinski definition) is 1. The summed E-state index contributed by atoms with van der Waals surface area (Å²) in [6.45, 7) is 0.271. The van der Waals surface area contributed by atoms with Gasteiger partial charge in [-0.15, -0.1) is 0 Å². The second kappa shape index (κ2) is 4.58. The van der Waals surface area contributed by atoms with Crippen LogP contribution in [-0.4, -0.2) is 9.55 Å². The van der Waals surface area contributed by atoms with E-state index in [-0.39, 0.29) is 16.9 Å². The molecule has 0 radical (unpaired) electrons. The molecule has 1 aromatic carbocycles. The Hall–Kier alpha value is -1.82. The molecule has 1 heterocycles. The molecular formula is C11H8F2N2OS. The molecule has 0 unspecified atom stereocenters. The monoisotopic (exact) mass is 254 g/mol. The molecule has 0 bridgehead atoms. The number of rotatable bonds is 2. The molecule has 88 valence electrons. The predicted molar refractivity (Wildman–Crippen MR) is 61.3 cm³/mol. The summed E-state index contributed by atoms with van der Waals surface area (Å²) in [6, 6.07) is 4.93. The number of aromatic nitrogens is 2. The fraction of sp³-hybridized carbons (Fsp3) is 0.0909. The largest absolute Gasteiger partial charge is 0.321 e. The van der Waals surface area contributed by atoms with Crippen LogP contribution in [0.4, 0.5) is 8.78 Å². The van der Waals surface area contributed by atoms with Gasteiger partial charge in [-0.2, -0.15) is 0 Å². The first kappa shape index (κ1) is 11.7. The van der Waals surface area contributed by atoms with E-state index >= 15 is 0 Å². The molecule has 3 nitrogen and oxygen atoms in total. The van der Waals surface area contributed by atoms with Crippen molar-refractivity contribution in [1.82, 2.24) is 9.55 Å². The van der Waals surface area contributed by atoms with Gasteiger partial charge >= 0.3 is 0 Å². The third-order valence-corrected chi connectivity index (χ3v) is 2.57. The first-order chi connectivity index (χ1) is 8.06. The van der Waals surface area contributed by atoms with E-state index in [0.717, 1.165) is 12.1 Å². The molecule has 0 spiro atoms. The highest BCUT2D eigenvalue weighted by molar-refractivity contribution is 7.71. The van der Waals surface area contributed by atoms with Gasteiger partial charge in [0.15, 0.2) is 16.4 Å². The Morgan fingerprint density at radius 1 is 1.24 bits per heavy atom. The molecule has 0 atom stereocenters. The van der Waals surface area contributed by atoms with Gasteiger partial charge in [0.25, 0.3) is 5.56 Å². The van der Waals surface area contributed by atoms with E-state index in [1.165, 1.54) is 18.3 Å². The molecule has 0 aliphatic heterocycles. The summed E-state index contributed by atoms with van der Waals surface area (Å²) in [5.74, 6) is -1.79. The van der Waals surface area contributed by atoms with Crippen LogP contribution < -0.4 is 5.56 Å². The number of halogens is 2. The molecule has 0 amide bonds. The summed E-state index contributed by atoms with van der Waals surface area (Å²) in [4.78, 5) is 13.4. The van der Waals surface area contributed by atoms with Gasteiger partial charge in [-0.25, -0.2) is 8.78 Å². The van der Waals surface area contributed by atoms with Crippen molar-refractivity contribution in [2.24, 2.45) is 0 Å². The summed E-state index contributed by atoms with van der Waals surface area (Å²) in [5, 5.41) is 0. The zero-order valence-corrected chi connectivity index (χ0v) is 9.43. The van der Waals surface area contributed by atoms with Crippen molar-refractivity contribution in [2.75, 3.05) is 0 Å². The molecule has 1 aromatic heterocycles. The molecule has 17 heavy (non-hydrogen) atoms. The minimum atomic E-state index is -0.904. The van der Waals surface area contributed by atoms with Crippen LogP contribution in [0.2, 0.25) is 0 Å². The van der Waals surface area contributed by atoms with Gasteiger partial charge in [0.1, 0.15) is 0 Å². The number of H-pyrrole nitrogens is 1. The highest BCUT2D eigenvalue weighted by atomic mass is 32.1. The summed E-state index contributed by atoms with van der Waals surface area (Å²) < 4.78 is 27.5. The average Bonchev–Trinajstić information content (AvgIpc) is 2.27. The molecule has 0 fully saturated rings. The van der Waals surface area contributed by atoms with E-state index in [1.54, 1.807) is 4.57 Å². The second-order valence-corrected chi connectivity index (χ2v) is 3.87. The first-order valence-electron chi connectivity index (χ1n) is 4.80. The van der Waals surface area contributed by atoms with E-state index in [0.29, 0.717) is 5.56 Å². The van der Waals surface area contributed by atoms with Gasteiger partial charge in [0.05, 0.1) is 0 Å². The highest BCUT2D eigenvalue weighted by Crippen LogP contribution is 2.09. The quantitative estimate of drug-likeness (QED) is 0.834. The maximum atomic E-state index is 13.0. The maximum Gasteiger partial charge on any atom is 0.251 e. The van der Waals surface area contributed by atoms with Crippen LogP contribution in [0, 0.1) is 16.4 Å². The van der Waals surface area contributed by atoms with Crippen LogP contribution in [0.25, 0.3) is 0 Å². The fourth-order valence-corrected chi connectivity index (χ4v) is 1.63. The van der Waals surface area contributed by atoms with Gasteiger partial charge in [-0.1, -0.05) is 6.07 Å². The van der Waals surface area contributed by atoms with Crippen LogP contribution >= 0.6 is 12.2 Å². The molecule has 6 heteroatoms. The first-order valence-corrected chi connectivity index (χ1v) is 5.21. The van der Waals surface area contributed by atoms with Crippen molar-refractivity contribution in [1.29, 1.82) is 0 Å². The topological polar surface area (TPSA) is 37.8 Å². The lowest BCUT2D eigenvalue weighted by molar-refractivity contribution is 0.506. The van der Waals surface area contributed by atoms with Crippen LogP contribution in [0.3, 0.4) is 0 Å². The standard InChI is InChI=1S/C11H8F2N2OS/c12-8-2-1-7(5-9(8)13)6-15-4-3-10(16)14-11(15)17/h1-5H,6H2,(H,14,16,17). The van der Waals surface area contributed by atoms with Crippen LogP contribution in [0.1, 0.15) is 5.56 Å². The zero-order chi connectivity index (χ0) is 12.4. The Bertz CT molecular complexity index is 663. The predicted octanol–water partition coefficient (Wildman–Crippen LogP) is 2.23. The minimum Gasteiger partial charge on any atom is -0.321 e. The summed E-state index contributed by atoms with van der Waals surface area (Å²) in [7, 11) is 0. The molecule has 2 aromatic rings. The Balaban J connectivity index is 2.35. The third-order valence-electron chi connectivity index (χ3n) is 2.23. The average molecular weight is 254 g/mol. The lowest BCUT2D eigenvalue weighted by atomic mass is 10.2. The van der Waals surface area contributed by atoms with E-state index < -0.39 is 11.6 Å². The van der Waals surface area contributed by atoms with Crippen molar-refractivity contribution in [2.45, 2.75) is 6.54 Å². The second-order valence-electron chi connectivity index (χ2n) is 3.49. The van der Waals surface area contributed by atoms with Crippen molar-refractivity contribution in [3.05, 3.63) is 62.8 Å². The molecular weight excluding hydrogens is 246 g/mol. The molecule has 0 saturated carbocycles. The SMILES string of the molecule is O=c1ccn(Cc2ccc(F)c(F)c2)c(=S)[nH]1. The normalized spacial score (nSPS) is 10.5. The number of nitrogens with one attached hydrogen (secondary N) is 1. The Kier molecular flexibility index (Phi) is 3.14. The highest BCUT2D eigenvalue weighted by Gasteiger charge is 2.03. The minimum absolute atomic E-state index is 0.238. The zero-order valence-electron chi connectivity index (χ0n) is 8.61. The Labute approximate surface area is 100 Å². The number of aromatic amines is 1. The van der Waals surface area contributed by atoms with Crippen molar-refractivity contribution >= 4 is 12.2 Å². The Morgan fingerprint density at radius 2 is 2.00 bits per heavy atom. The number of benzene rings is 1. The van der Waals surface area contributed by atoms with E-state index in [4.69, 9.17) is 12.2 Å². The van der Waals surface area contributed by atoms with Crippen LogP contribution in [0.15, 0.2) is 35.3 Å². The van der Waals surface area contributed by atoms with Gasteiger partial charge in [-0.3, -0.25) is 9.78 Å². The van der Waals surface area contributed by atoms with E-state index in [2.05, 4.69) is 4.98 Å². The van der Waals surface area contributed by atoms with Gasteiger partial charge in [-0.05, 0) is 29.9 Å². The summed E-state index contributed by atoms with van der Waals surface area (Å²) in [5.41, 5.74) is 0.267. The van der Waals surface area contributed by atoms with Crippen molar-refractivity contribution in [3.63, 3.8) is 0 Å². The van der Waals surface area contributed by atoms with Gasteiger partial charge in [0, 0.05) is 18.8 Å². The van der Waals surface area contributed by atoms with Gasteiger partial charge < -0.3 is 4.57 Å². The number of nitrogens with zero attached hydrogens (tertiary/aromatic N) is 1.